The van der Waals surface area contributed by atoms with Gasteiger partial charge in [0.05, 0.1) is 18.8 Å². The molecule has 1 aliphatic rings. The lowest BCUT2D eigenvalue weighted by Gasteiger charge is -2.10. The summed E-state index contributed by atoms with van der Waals surface area (Å²) in [5, 5.41) is 12.5. The molecular formula is C13H17N5O. The lowest BCUT2D eigenvalue weighted by atomic mass is 10.2. The van der Waals surface area contributed by atoms with Crippen LogP contribution in [0.4, 0.5) is 0 Å². The molecule has 2 N–H and O–H groups in total. The molecule has 0 spiro atoms. The molecule has 0 amide bonds. The van der Waals surface area contributed by atoms with Crippen LogP contribution in [0.5, 0.6) is 0 Å². The van der Waals surface area contributed by atoms with Crippen LogP contribution in [0.25, 0.3) is 11.4 Å². The molecule has 1 aromatic carbocycles. The summed E-state index contributed by atoms with van der Waals surface area (Å²) in [6.45, 7) is 1.22. The number of nitrogens with zero attached hydrogens (tertiary/aromatic N) is 4. The van der Waals surface area contributed by atoms with E-state index in [2.05, 4.69) is 15.4 Å². The lowest BCUT2D eigenvalue weighted by Crippen LogP contribution is -2.23. The van der Waals surface area contributed by atoms with Crippen molar-refractivity contribution in [3.05, 3.63) is 30.3 Å². The van der Waals surface area contributed by atoms with Gasteiger partial charge in [-0.3, -0.25) is 0 Å². The molecule has 2 aromatic rings. The van der Waals surface area contributed by atoms with Crippen LogP contribution in [0.1, 0.15) is 12.8 Å². The van der Waals surface area contributed by atoms with E-state index >= 15 is 0 Å². The Kier molecular flexibility index (Phi) is 3.52. The van der Waals surface area contributed by atoms with Crippen molar-refractivity contribution in [3.63, 3.8) is 0 Å². The first-order valence-electron chi connectivity index (χ1n) is 6.54. The highest BCUT2D eigenvalue weighted by Crippen LogP contribution is 2.20. The fraction of sp³-hybridized carbons (Fsp3) is 0.462. The number of hydrogen-bond donors (Lipinski definition) is 1. The third kappa shape index (κ3) is 2.80. The molecule has 0 bridgehead atoms. The highest BCUT2D eigenvalue weighted by molar-refractivity contribution is 5.52. The Morgan fingerprint density at radius 2 is 2.00 bits per heavy atom. The average Bonchev–Trinajstić information content (AvgIpc) is 3.09. The molecule has 2 atom stereocenters. The van der Waals surface area contributed by atoms with Gasteiger partial charge in [0, 0.05) is 12.1 Å². The Labute approximate surface area is 111 Å². The smallest absolute Gasteiger partial charge is 0.204 e. The van der Waals surface area contributed by atoms with Crippen LogP contribution in [0.3, 0.4) is 0 Å². The van der Waals surface area contributed by atoms with Gasteiger partial charge in [-0.1, -0.05) is 30.3 Å². The minimum Gasteiger partial charge on any atom is -0.372 e. The Balaban J connectivity index is 1.66. The molecule has 1 aromatic heterocycles. The van der Waals surface area contributed by atoms with Crippen molar-refractivity contribution in [1.82, 2.24) is 20.2 Å². The molecule has 1 aliphatic heterocycles. The number of hydrogen-bond acceptors (Lipinski definition) is 5. The molecule has 2 heterocycles. The van der Waals surface area contributed by atoms with Crippen molar-refractivity contribution in [2.75, 3.05) is 6.54 Å². The van der Waals surface area contributed by atoms with Gasteiger partial charge >= 0.3 is 0 Å². The van der Waals surface area contributed by atoms with Crippen LogP contribution in [-0.2, 0) is 11.3 Å². The number of rotatable bonds is 4. The topological polar surface area (TPSA) is 78.9 Å². The van der Waals surface area contributed by atoms with Crippen LogP contribution in [0, 0.1) is 0 Å². The molecular weight excluding hydrogens is 242 g/mol. The SMILES string of the molecule is NCC1CCC(Cn2nnc(-c3ccccc3)n2)O1. The van der Waals surface area contributed by atoms with Crippen molar-refractivity contribution in [2.45, 2.75) is 31.6 Å². The molecule has 1 fully saturated rings. The number of ether oxygens (including phenoxy) is 1. The largest absolute Gasteiger partial charge is 0.372 e. The van der Waals surface area contributed by atoms with E-state index in [1.807, 2.05) is 30.3 Å². The summed E-state index contributed by atoms with van der Waals surface area (Å²) >= 11 is 0. The Morgan fingerprint density at radius 3 is 2.74 bits per heavy atom. The Hall–Kier alpha value is -1.79. The van der Waals surface area contributed by atoms with E-state index in [0.29, 0.717) is 18.9 Å². The Morgan fingerprint density at radius 1 is 1.21 bits per heavy atom. The summed E-state index contributed by atoms with van der Waals surface area (Å²) in [4.78, 5) is 1.60. The molecule has 0 radical (unpaired) electrons. The third-order valence-corrected chi connectivity index (χ3v) is 3.31. The zero-order chi connectivity index (χ0) is 13.1. The van der Waals surface area contributed by atoms with Gasteiger partial charge in [0.15, 0.2) is 0 Å². The second-order valence-corrected chi connectivity index (χ2v) is 4.73. The minimum atomic E-state index is 0.145. The zero-order valence-corrected chi connectivity index (χ0v) is 10.6. The maximum atomic E-state index is 5.78. The molecule has 6 heteroatoms. The van der Waals surface area contributed by atoms with Gasteiger partial charge in [-0.25, -0.2) is 0 Å². The van der Waals surface area contributed by atoms with Gasteiger partial charge in [-0.15, -0.1) is 10.2 Å². The Bertz CT molecular complexity index is 527. The monoisotopic (exact) mass is 259 g/mol. The average molecular weight is 259 g/mol. The standard InChI is InChI=1S/C13H17N5O/c14-8-11-6-7-12(19-11)9-18-16-13(15-17-18)10-4-2-1-3-5-10/h1-5,11-12H,6-9,14H2. The summed E-state index contributed by atoms with van der Waals surface area (Å²) in [6, 6.07) is 9.83. The molecule has 6 nitrogen and oxygen atoms in total. The highest BCUT2D eigenvalue weighted by Gasteiger charge is 2.25. The second-order valence-electron chi connectivity index (χ2n) is 4.73. The summed E-state index contributed by atoms with van der Waals surface area (Å²) in [5.74, 6) is 0.647. The fourth-order valence-corrected chi connectivity index (χ4v) is 2.29. The molecule has 100 valence electrons. The summed E-state index contributed by atoms with van der Waals surface area (Å²) < 4.78 is 5.78. The van der Waals surface area contributed by atoms with E-state index in [1.165, 1.54) is 0 Å². The van der Waals surface area contributed by atoms with Gasteiger partial charge in [-0.2, -0.15) is 4.80 Å². The van der Waals surface area contributed by atoms with Crippen LogP contribution >= 0.6 is 0 Å². The van der Waals surface area contributed by atoms with Crippen molar-refractivity contribution in [3.8, 4) is 11.4 Å². The predicted octanol–water partition coefficient (Wildman–Crippen LogP) is 0.846. The first-order chi connectivity index (χ1) is 9.35. The normalized spacial score (nSPS) is 22.8. The van der Waals surface area contributed by atoms with E-state index in [0.717, 1.165) is 18.4 Å². The van der Waals surface area contributed by atoms with Gasteiger partial charge in [0.1, 0.15) is 0 Å². The second kappa shape index (κ2) is 5.46. The maximum Gasteiger partial charge on any atom is 0.204 e. The molecule has 3 rings (SSSR count). The van der Waals surface area contributed by atoms with Gasteiger partial charge in [-0.05, 0) is 18.1 Å². The quantitative estimate of drug-likeness (QED) is 0.880. The van der Waals surface area contributed by atoms with E-state index in [-0.39, 0.29) is 12.2 Å². The van der Waals surface area contributed by atoms with Crippen molar-refractivity contribution >= 4 is 0 Å². The van der Waals surface area contributed by atoms with Crippen LogP contribution in [0.15, 0.2) is 30.3 Å². The molecule has 0 aliphatic carbocycles. The number of benzene rings is 1. The zero-order valence-electron chi connectivity index (χ0n) is 10.6. The van der Waals surface area contributed by atoms with Gasteiger partial charge in [0.2, 0.25) is 5.82 Å². The molecule has 1 saturated heterocycles. The van der Waals surface area contributed by atoms with Crippen molar-refractivity contribution in [1.29, 1.82) is 0 Å². The van der Waals surface area contributed by atoms with Gasteiger partial charge in [0.25, 0.3) is 0 Å². The molecule has 0 saturated carbocycles. The summed E-state index contributed by atoms with van der Waals surface area (Å²) in [7, 11) is 0. The minimum absolute atomic E-state index is 0.145. The molecule has 19 heavy (non-hydrogen) atoms. The van der Waals surface area contributed by atoms with Crippen LogP contribution in [-0.4, -0.2) is 39.0 Å². The summed E-state index contributed by atoms with van der Waals surface area (Å²) in [6.07, 6.45) is 2.35. The van der Waals surface area contributed by atoms with Crippen LogP contribution < -0.4 is 5.73 Å². The predicted molar refractivity (Wildman–Crippen MR) is 70.2 cm³/mol. The number of tetrazole rings is 1. The van der Waals surface area contributed by atoms with E-state index in [4.69, 9.17) is 10.5 Å². The van der Waals surface area contributed by atoms with Crippen molar-refractivity contribution in [2.24, 2.45) is 5.73 Å². The molecule has 2 unspecified atom stereocenters. The maximum absolute atomic E-state index is 5.78. The lowest BCUT2D eigenvalue weighted by molar-refractivity contribution is 0.0358. The van der Waals surface area contributed by atoms with E-state index in [1.54, 1.807) is 4.80 Å². The van der Waals surface area contributed by atoms with E-state index < -0.39 is 0 Å². The third-order valence-electron chi connectivity index (χ3n) is 3.31. The highest BCUT2D eigenvalue weighted by atomic mass is 16.5. The number of aromatic nitrogens is 4. The first kappa shape index (κ1) is 12.3. The van der Waals surface area contributed by atoms with Crippen molar-refractivity contribution < 1.29 is 4.74 Å². The van der Waals surface area contributed by atoms with E-state index in [9.17, 15) is 0 Å². The first-order valence-corrected chi connectivity index (χ1v) is 6.54. The summed E-state index contributed by atoms with van der Waals surface area (Å²) in [5.41, 5.74) is 6.57. The fourth-order valence-electron chi connectivity index (χ4n) is 2.29. The number of nitrogens with two attached hydrogens (primary N) is 1. The van der Waals surface area contributed by atoms with Crippen LogP contribution in [0.2, 0.25) is 0 Å². The van der Waals surface area contributed by atoms with Gasteiger partial charge < -0.3 is 10.5 Å².